The van der Waals surface area contributed by atoms with Crippen LogP contribution in [0.2, 0.25) is 0 Å². The van der Waals surface area contributed by atoms with Gasteiger partial charge in [0.2, 0.25) is 0 Å². The predicted molar refractivity (Wildman–Crippen MR) is 75.0 cm³/mol. The number of thiophene rings is 1. The van der Waals surface area contributed by atoms with Crippen LogP contribution in [0, 0.1) is 0 Å². The summed E-state index contributed by atoms with van der Waals surface area (Å²) in [6.45, 7) is 7.48. The first-order chi connectivity index (χ1) is 8.40. The van der Waals surface area contributed by atoms with Crippen molar-refractivity contribution < 1.29 is 9.84 Å². The summed E-state index contributed by atoms with van der Waals surface area (Å²) >= 11 is 1.75. The molecule has 1 aliphatic rings. The van der Waals surface area contributed by atoms with Crippen LogP contribution in [-0.4, -0.2) is 29.5 Å². The van der Waals surface area contributed by atoms with Gasteiger partial charge in [-0.15, -0.1) is 11.3 Å². The molecule has 2 atom stereocenters. The smallest absolute Gasteiger partial charge is 0.0820 e. The first-order valence-corrected chi connectivity index (χ1v) is 7.41. The van der Waals surface area contributed by atoms with Crippen molar-refractivity contribution in [1.29, 1.82) is 0 Å². The summed E-state index contributed by atoms with van der Waals surface area (Å²) in [5.74, 6) is 0. The molecule has 0 aromatic carbocycles. The fourth-order valence-corrected chi connectivity index (χ4v) is 3.34. The van der Waals surface area contributed by atoms with Gasteiger partial charge < -0.3 is 15.2 Å². The van der Waals surface area contributed by atoms with Crippen molar-refractivity contribution >= 4 is 11.3 Å². The molecule has 0 radical (unpaired) electrons. The lowest BCUT2D eigenvalue weighted by molar-refractivity contribution is -0.142. The van der Waals surface area contributed by atoms with E-state index in [1.165, 1.54) is 4.88 Å². The summed E-state index contributed by atoms with van der Waals surface area (Å²) in [7, 11) is 0. The second-order valence-electron chi connectivity index (χ2n) is 5.88. The van der Waals surface area contributed by atoms with Crippen LogP contribution in [-0.2, 0) is 4.74 Å². The fraction of sp³-hybridized carbons (Fsp3) is 0.714. The third-order valence-electron chi connectivity index (χ3n) is 3.52. The quantitative estimate of drug-likeness (QED) is 0.883. The van der Waals surface area contributed by atoms with E-state index >= 15 is 0 Å². The molecule has 3 nitrogen and oxygen atoms in total. The maximum atomic E-state index is 10.6. The second kappa shape index (κ2) is 5.29. The fourth-order valence-electron chi connectivity index (χ4n) is 2.58. The van der Waals surface area contributed by atoms with Gasteiger partial charge >= 0.3 is 0 Å². The molecule has 18 heavy (non-hydrogen) atoms. The van der Waals surface area contributed by atoms with Crippen LogP contribution in [0.4, 0.5) is 0 Å². The van der Waals surface area contributed by atoms with Gasteiger partial charge in [-0.05, 0) is 32.2 Å². The van der Waals surface area contributed by atoms with Gasteiger partial charge in [0.05, 0.1) is 17.8 Å². The summed E-state index contributed by atoms with van der Waals surface area (Å²) in [5, 5.41) is 16.1. The van der Waals surface area contributed by atoms with Crippen LogP contribution >= 0.6 is 11.3 Å². The van der Waals surface area contributed by atoms with Crippen LogP contribution < -0.4 is 5.32 Å². The Morgan fingerprint density at radius 3 is 2.94 bits per heavy atom. The van der Waals surface area contributed by atoms with Gasteiger partial charge in [0.1, 0.15) is 0 Å². The van der Waals surface area contributed by atoms with Gasteiger partial charge in [0.25, 0.3) is 0 Å². The van der Waals surface area contributed by atoms with Crippen LogP contribution in [0.3, 0.4) is 0 Å². The Hall–Kier alpha value is -0.420. The molecule has 4 heteroatoms. The van der Waals surface area contributed by atoms with Gasteiger partial charge in [-0.3, -0.25) is 0 Å². The minimum atomic E-state index is -0.646. The highest BCUT2D eigenvalue weighted by atomic mass is 32.1. The molecular weight excluding hydrogens is 246 g/mol. The van der Waals surface area contributed by atoms with Crippen molar-refractivity contribution in [2.75, 3.05) is 13.2 Å². The zero-order valence-electron chi connectivity index (χ0n) is 11.4. The third-order valence-corrected chi connectivity index (χ3v) is 4.58. The Kier molecular flexibility index (Phi) is 4.11. The third kappa shape index (κ3) is 3.54. The van der Waals surface area contributed by atoms with Gasteiger partial charge in [-0.1, -0.05) is 6.07 Å². The number of hydrogen-bond donors (Lipinski definition) is 2. The molecule has 2 rings (SSSR count). The topological polar surface area (TPSA) is 41.5 Å². The van der Waals surface area contributed by atoms with E-state index in [2.05, 4.69) is 29.8 Å². The lowest BCUT2D eigenvalue weighted by Gasteiger charge is -2.42. The number of hydrogen-bond acceptors (Lipinski definition) is 4. The summed E-state index contributed by atoms with van der Waals surface area (Å²) in [6, 6.07) is 4.48. The van der Waals surface area contributed by atoms with Crippen LogP contribution in [0.1, 0.15) is 44.5 Å². The Balaban J connectivity index is 1.89. The second-order valence-corrected chi connectivity index (χ2v) is 6.86. The molecule has 0 saturated carbocycles. The van der Waals surface area contributed by atoms with E-state index < -0.39 is 5.60 Å². The van der Waals surface area contributed by atoms with Crippen molar-refractivity contribution in [1.82, 2.24) is 5.32 Å². The molecular formula is C14H23NO2S. The van der Waals surface area contributed by atoms with Crippen molar-refractivity contribution in [3.05, 3.63) is 22.4 Å². The van der Waals surface area contributed by atoms with Gasteiger partial charge in [-0.2, -0.15) is 0 Å². The van der Waals surface area contributed by atoms with E-state index in [0.717, 1.165) is 0 Å². The maximum absolute atomic E-state index is 10.6. The molecule has 2 N–H and O–H groups in total. The van der Waals surface area contributed by atoms with Crippen LogP contribution in [0.5, 0.6) is 0 Å². The summed E-state index contributed by atoms with van der Waals surface area (Å²) < 4.78 is 5.65. The van der Waals surface area contributed by atoms with Gasteiger partial charge in [0.15, 0.2) is 0 Å². The SMILES string of the molecule is C[C@@H](NC[C@]1(O)CCOC(C)(C)C1)c1cccs1. The molecule has 1 aliphatic heterocycles. The minimum Gasteiger partial charge on any atom is -0.388 e. The van der Waals surface area contributed by atoms with E-state index in [1.54, 1.807) is 11.3 Å². The normalized spacial score (nSPS) is 29.1. The zero-order chi connectivity index (χ0) is 13.2. The Labute approximate surface area is 113 Å². The largest absolute Gasteiger partial charge is 0.388 e. The Morgan fingerprint density at radius 1 is 1.56 bits per heavy atom. The number of rotatable bonds is 4. The first-order valence-electron chi connectivity index (χ1n) is 6.53. The van der Waals surface area contributed by atoms with Crippen molar-refractivity contribution in [3.8, 4) is 0 Å². The average molecular weight is 269 g/mol. The van der Waals surface area contributed by atoms with E-state index in [4.69, 9.17) is 4.74 Å². The standard InChI is InChI=1S/C14H23NO2S/c1-11(12-5-4-8-18-12)15-10-14(16)6-7-17-13(2,3)9-14/h4-5,8,11,15-16H,6-7,9-10H2,1-3H3/t11-,14+/m1/s1. The Bertz CT molecular complexity index is 377. The minimum absolute atomic E-state index is 0.221. The number of ether oxygens (including phenoxy) is 1. The van der Waals surface area contributed by atoms with E-state index in [-0.39, 0.29) is 5.60 Å². The zero-order valence-corrected chi connectivity index (χ0v) is 12.2. The molecule has 0 spiro atoms. The Morgan fingerprint density at radius 2 is 2.33 bits per heavy atom. The molecule has 0 unspecified atom stereocenters. The molecule has 2 heterocycles. The molecule has 1 aromatic heterocycles. The molecule has 1 fully saturated rings. The van der Waals surface area contributed by atoms with Crippen LogP contribution in [0.15, 0.2) is 17.5 Å². The van der Waals surface area contributed by atoms with Crippen molar-refractivity contribution in [3.63, 3.8) is 0 Å². The van der Waals surface area contributed by atoms with Crippen LogP contribution in [0.25, 0.3) is 0 Å². The summed E-state index contributed by atoms with van der Waals surface area (Å²) in [5.41, 5.74) is -0.867. The molecule has 0 amide bonds. The van der Waals surface area contributed by atoms with Crippen molar-refractivity contribution in [2.24, 2.45) is 0 Å². The highest BCUT2D eigenvalue weighted by Crippen LogP contribution is 2.32. The van der Waals surface area contributed by atoms with Gasteiger partial charge in [-0.25, -0.2) is 0 Å². The van der Waals surface area contributed by atoms with E-state index in [1.807, 2.05) is 13.8 Å². The highest BCUT2D eigenvalue weighted by Gasteiger charge is 2.39. The number of aliphatic hydroxyl groups is 1. The molecule has 1 saturated heterocycles. The molecule has 102 valence electrons. The number of nitrogens with one attached hydrogen (secondary N) is 1. The molecule has 0 bridgehead atoms. The average Bonchev–Trinajstić information content (AvgIpc) is 2.77. The lowest BCUT2D eigenvalue weighted by atomic mass is 9.84. The van der Waals surface area contributed by atoms with Gasteiger partial charge in [0, 0.05) is 30.3 Å². The lowest BCUT2D eigenvalue weighted by Crippen LogP contribution is -2.51. The molecule has 0 aliphatic carbocycles. The maximum Gasteiger partial charge on any atom is 0.0820 e. The highest BCUT2D eigenvalue weighted by molar-refractivity contribution is 7.10. The summed E-state index contributed by atoms with van der Waals surface area (Å²) in [4.78, 5) is 1.31. The molecule has 1 aromatic rings. The first kappa shape index (κ1) is 14.0. The van der Waals surface area contributed by atoms with E-state index in [0.29, 0.717) is 32.0 Å². The monoisotopic (exact) mass is 269 g/mol. The van der Waals surface area contributed by atoms with Crippen molar-refractivity contribution in [2.45, 2.75) is 50.9 Å². The predicted octanol–water partition coefficient (Wildman–Crippen LogP) is 2.72. The summed E-state index contributed by atoms with van der Waals surface area (Å²) in [6.07, 6.45) is 1.39. The van der Waals surface area contributed by atoms with E-state index in [9.17, 15) is 5.11 Å².